The van der Waals surface area contributed by atoms with Gasteiger partial charge in [0.15, 0.2) is 0 Å². The van der Waals surface area contributed by atoms with Crippen LogP contribution in [0.1, 0.15) is 11.1 Å². The summed E-state index contributed by atoms with van der Waals surface area (Å²) in [4.78, 5) is 0. The van der Waals surface area contributed by atoms with Gasteiger partial charge in [0, 0.05) is 29.9 Å². The molecule has 0 amide bonds. The van der Waals surface area contributed by atoms with Gasteiger partial charge in [0.25, 0.3) is 0 Å². The Morgan fingerprint density at radius 3 is 2.95 bits per heavy atom. The molecule has 0 bridgehead atoms. The summed E-state index contributed by atoms with van der Waals surface area (Å²) < 4.78 is 1.89. The molecule has 3 rings (SSSR count). The number of aromatic nitrogens is 2. The fourth-order valence-corrected chi connectivity index (χ4v) is 2.32. The van der Waals surface area contributed by atoms with Gasteiger partial charge in [-0.15, -0.1) is 0 Å². The molecular weight excluding hydrogens is 258 g/mol. The van der Waals surface area contributed by atoms with E-state index < -0.39 is 0 Å². The van der Waals surface area contributed by atoms with Crippen molar-refractivity contribution in [1.82, 2.24) is 14.9 Å². The van der Waals surface area contributed by atoms with Gasteiger partial charge >= 0.3 is 0 Å². The number of halogens is 1. The zero-order valence-electron chi connectivity index (χ0n) is 10.4. The molecule has 0 atom stereocenters. The third-order valence-corrected chi connectivity index (χ3v) is 3.27. The summed E-state index contributed by atoms with van der Waals surface area (Å²) in [6.45, 7) is 1.59. The van der Waals surface area contributed by atoms with Gasteiger partial charge in [-0.25, -0.2) is 4.52 Å². The first kappa shape index (κ1) is 12.2. The van der Waals surface area contributed by atoms with Crippen LogP contribution in [-0.2, 0) is 13.1 Å². The van der Waals surface area contributed by atoms with Gasteiger partial charge in [0.1, 0.15) is 0 Å². The van der Waals surface area contributed by atoms with Crippen LogP contribution in [0.4, 0.5) is 0 Å². The zero-order valence-corrected chi connectivity index (χ0v) is 11.1. The normalized spacial score (nSPS) is 11.0. The number of nitrogens with one attached hydrogen (secondary N) is 1. The van der Waals surface area contributed by atoms with Crippen LogP contribution < -0.4 is 5.32 Å². The lowest BCUT2D eigenvalue weighted by Gasteiger charge is -2.04. The van der Waals surface area contributed by atoms with Gasteiger partial charge in [-0.05, 0) is 29.8 Å². The highest BCUT2D eigenvalue weighted by Gasteiger charge is 2.02. The molecule has 1 N–H and O–H groups in total. The average molecular weight is 272 g/mol. The Bertz CT molecular complexity index is 690. The molecule has 0 aliphatic rings. The molecule has 2 aromatic heterocycles. The van der Waals surface area contributed by atoms with E-state index in [1.165, 1.54) is 11.1 Å². The number of hydrogen-bond acceptors (Lipinski definition) is 2. The maximum atomic E-state index is 5.96. The first-order valence-corrected chi connectivity index (χ1v) is 6.57. The molecule has 0 fully saturated rings. The van der Waals surface area contributed by atoms with Gasteiger partial charge in [-0.2, -0.15) is 5.10 Å². The van der Waals surface area contributed by atoms with Crippen LogP contribution in [-0.4, -0.2) is 9.61 Å². The molecule has 3 nitrogen and oxygen atoms in total. The molecular formula is C15H14ClN3. The fourth-order valence-electron chi connectivity index (χ4n) is 2.11. The second-order valence-electron chi connectivity index (χ2n) is 4.43. The summed E-state index contributed by atoms with van der Waals surface area (Å²) in [5.74, 6) is 0. The summed E-state index contributed by atoms with van der Waals surface area (Å²) in [7, 11) is 0. The predicted octanol–water partition coefficient (Wildman–Crippen LogP) is 3.28. The molecule has 0 saturated heterocycles. The fraction of sp³-hybridized carbons (Fsp3) is 0.133. The second-order valence-corrected chi connectivity index (χ2v) is 4.87. The van der Waals surface area contributed by atoms with Crippen LogP contribution in [0.5, 0.6) is 0 Å². The second kappa shape index (κ2) is 5.43. The van der Waals surface area contributed by atoms with Crippen molar-refractivity contribution in [3.63, 3.8) is 0 Å². The minimum absolute atomic E-state index is 0.773. The lowest BCUT2D eigenvalue weighted by molar-refractivity contribution is 0.696. The summed E-state index contributed by atoms with van der Waals surface area (Å²) >= 11 is 5.96. The van der Waals surface area contributed by atoms with Crippen molar-refractivity contribution >= 4 is 17.1 Å². The van der Waals surface area contributed by atoms with Crippen LogP contribution in [0.25, 0.3) is 5.52 Å². The van der Waals surface area contributed by atoms with Gasteiger partial charge < -0.3 is 5.32 Å². The summed E-state index contributed by atoms with van der Waals surface area (Å²) in [5.41, 5.74) is 3.52. The number of rotatable bonds is 4. The monoisotopic (exact) mass is 271 g/mol. The maximum absolute atomic E-state index is 5.96. The van der Waals surface area contributed by atoms with Crippen molar-refractivity contribution < 1.29 is 0 Å². The van der Waals surface area contributed by atoms with Gasteiger partial charge in [-0.1, -0.05) is 29.8 Å². The Morgan fingerprint density at radius 1 is 1.11 bits per heavy atom. The smallest absolute Gasteiger partial charge is 0.0706 e. The zero-order chi connectivity index (χ0) is 13.1. The van der Waals surface area contributed by atoms with Crippen LogP contribution in [0.2, 0.25) is 5.02 Å². The molecule has 4 heteroatoms. The lowest BCUT2D eigenvalue weighted by Crippen LogP contribution is -2.12. The van der Waals surface area contributed by atoms with E-state index in [2.05, 4.69) is 22.5 Å². The van der Waals surface area contributed by atoms with E-state index in [-0.39, 0.29) is 0 Å². The lowest BCUT2D eigenvalue weighted by atomic mass is 10.2. The highest BCUT2D eigenvalue weighted by Crippen LogP contribution is 2.12. The van der Waals surface area contributed by atoms with Gasteiger partial charge in [-0.3, -0.25) is 0 Å². The van der Waals surface area contributed by atoms with Crippen molar-refractivity contribution in [2.45, 2.75) is 13.1 Å². The van der Waals surface area contributed by atoms with Gasteiger partial charge in [0.2, 0.25) is 0 Å². The summed E-state index contributed by atoms with van der Waals surface area (Å²) in [5, 5.41) is 8.50. The maximum Gasteiger partial charge on any atom is 0.0706 e. The highest BCUT2D eigenvalue weighted by molar-refractivity contribution is 6.30. The van der Waals surface area contributed by atoms with Crippen LogP contribution in [0, 0.1) is 0 Å². The number of fused-ring (bicyclic) bond motifs is 1. The largest absolute Gasteiger partial charge is 0.308 e. The Hall–Kier alpha value is -1.84. The van der Waals surface area contributed by atoms with Crippen molar-refractivity contribution in [2.75, 3.05) is 0 Å². The van der Waals surface area contributed by atoms with Gasteiger partial charge in [0.05, 0.1) is 11.7 Å². The summed E-state index contributed by atoms with van der Waals surface area (Å²) in [6, 6.07) is 14.0. The quantitative estimate of drug-likeness (QED) is 0.789. The minimum Gasteiger partial charge on any atom is -0.308 e. The van der Waals surface area contributed by atoms with E-state index in [1.807, 2.05) is 47.2 Å². The highest BCUT2D eigenvalue weighted by atomic mass is 35.5. The molecule has 3 aromatic rings. The van der Waals surface area contributed by atoms with E-state index in [9.17, 15) is 0 Å². The van der Waals surface area contributed by atoms with Crippen LogP contribution in [0.3, 0.4) is 0 Å². The van der Waals surface area contributed by atoms with Crippen molar-refractivity contribution in [3.05, 3.63) is 71.0 Å². The van der Waals surface area contributed by atoms with Crippen LogP contribution >= 0.6 is 11.6 Å². The molecule has 0 unspecified atom stereocenters. The Labute approximate surface area is 116 Å². The van der Waals surface area contributed by atoms with E-state index in [0.717, 1.165) is 23.6 Å². The topological polar surface area (TPSA) is 29.3 Å². The van der Waals surface area contributed by atoms with E-state index in [0.29, 0.717) is 0 Å². The third-order valence-electron chi connectivity index (χ3n) is 3.04. The molecule has 19 heavy (non-hydrogen) atoms. The number of benzene rings is 1. The van der Waals surface area contributed by atoms with Crippen molar-refractivity contribution in [3.8, 4) is 0 Å². The number of pyridine rings is 1. The predicted molar refractivity (Wildman–Crippen MR) is 77.2 cm³/mol. The van der Waals surface area contributed by atoms with E-state index in [1.54, 1.807) is 0 Å². The molecule has 0 aliphatic heterocycles. The third kappa shape index (κ3) is 2.78. The van der Waals surface area contributed by atoms with Crippen molar-refractivity contribution in [1.29, 1.82) is 0 Å². The van der Waals surface area contributed by atoms with E-state index >= 15 is 0 Å². The standard InChI is InChI=1S/C15H14ClN3/c16-14-5-3-4-12(8-14)9-17-10-13-11-18-19-7-2-1-6-15(13)19/h1-8,11,17H,9-10H2. The summed E-state index contributed by atoms with van der Waals surface area (Å²) in [6.07, 6.45) is 3.86. The molecule has 0 radical (unpaired) electrons. The van der Waals surface area contributed by atoms with Crippen LogP contribution in [0.15, 0.2) is 54.9 Å². The average Bonchev–Trinajstić information content (AvgIpc) is 2.83. The SMILES string of the molecule is Clc1cccc(CNCc2cnn3ccccc23)c1. The molecule has 0 spiro atoms. The Kier molecular flexibility index (Phi) is 3.49. The molecule has 1 aromatic carbocycles. The molecule has 0 aliphatic carbocycles. The van der Waals surface area contributed by atoms with E-state index in [4.69, 9.17) is 11.6 Å². The molecule has 2 heterocycles. The van der Waals surface area contributed by atoms with Crippen molar-refractivity contribution in [2.24, 2.45) is 0 Å². The number of nitrogens with zero attached hydrogens (tertiary/aromatic N) is 2. The minimum atomic E-state index is 0.773. The Balaban J connectivity index is 1.66. The molecule has 0 saturated carbocycles. The molecule has 96 valence electrons. The first-order valence-electron chi connectivity index (χ1n) is 6.19. The first-order chi connectivity index (χ1) is 9.33. The number of hydrogen-bond donors (Lipinski definition) is 1. The Morgan fingerprint density at radius 2 is 2.05 bits per heavy atom.